The van der Waals surface area contributed by atoms with Crippen LogP contribution >= 0.6 is 0 Å². The molecule has 0 aliphatic rings. The average molecular weight is 206 g/mol. The van der Waals surface area contributed by atoms with Crippen molar-refractivity contribution in [1.29, 1.82) is 0 Å². The minimum absolute atomic E-state index is 0.306. The molecule has 1 aromatic heterocycles. The number of hydrogen-bond acceptors (Lipinski definition) is 4. The van der Waals surface area contributed by atoms with Crippen LogP contribution in [0.3, 0.4) is 0 Å². The van der Waals surface area contributed by atoms with Gasteiger partial charge in [-0.25, -0.2) is 23.4 Å². The molecule has 0 spiro atoms. The first-order chi connectivity index (χ1) is 5.84. The van der Waals surface area contributed by atoms with Crippen LogP contribution in [0.5, 0.6) is 0 Å². The lowest BCUT2D eigenvalue weighted by molar-refractivity contribution is 0.510. The van der Waals surface area contributed by atoms with E-state index in [0.29, 0.717) is 0 Å². The molecule has 1 rings (SSSR count). The molecular formula is C5H10N4O3S. The van der Waals surface area contributed by atoms with E-state index in [0.717, 1.165) is 4.57 Å². The molecule has 8 heteroatoms. The maximum atomic E-state index is 11.1. The zero-order valence-corrected chi connectivity index (χ0v) is 8.00. The van der Waals surface area contributed by atoms with Crippen LogP contribution in [0.1, 0.15) is 19.9 Å². The summed E-state index contributed by atoms with van der Waals surface area (Å²) >= 11 is 0. The minimum atomic E-state index is -3.94. The smallest absolute Gasteiger partial charge is 0.262 e. The quantitative estimate of drug-likeness (QED) is 0.633. The van der Waals surface area contributed by atoms with Crippen LogP contribution in [0, 0.1) is 0 Å². The van der Waals surface area contributed by atoms with Gasteiger partial charge in [-0.1, -0.05) is 0 Å². The number of aromatic nitrogens is 3. The molecule has 3 N–H and O–H groups in total. The maximum Gasteiger partial charge on any atom is 0.344 e. The zero-order chi connectivity index (χ0) is 10.2. The van der Waals surface area contributed by atoms with E-state index >= 15 is 0 Å². The van der Waals surface area contributed by atoms with E-state index in [2.05, 4.69) is 5.10 Å². The fourth-order valence-electron chi connectivity index (χ4n) is 0.946. The lowest BCUT2D eigenvalue weighted by Gasteiger charge is -2.06. The first-order valence-electron chi connectivity index (χ1n) is 3.53. The van der Waals surface area contributed by atoms with Gasteiger partial charge in [0.05, 0.1) is 0 Å². The Morgan fingerprint density at radius 2 is 2.08 bits per heavy atom. The van der Waals surface area contributed by atoms with Crippen LogP contribution in [-0.4, -0.2) is 23.2 Å². The molecule has 0 bridgehead atoms. The molecule has 0 fully saturated rings. The van der Waals surface area contributed by atoms with E-state index in [9.17, 15) is 13.2 Å². The van der Waals surface area contributed by atoms with Gasteiger partial charge in [0.1, 0.15) is 0 Å². The Morgan fingerprint density at radius 1 is 1.54 bits per heavy atom. The van der Waals surface area contributed by atoms with Crippen molar-refractivity contribution in [2.75, 3.05) is 0 Å². The van der Waals surface area contributed by atoms with Gasteiger partial charge in [-0.3, -0.25) is 4.57 Å². The number of nitrogens with two attached hydrogens (primary N) is 1. The van der Waals surface area contributed by atoms with Gasteiger partial charge in [0.15, 0.2) is 0 Å². The lowest BCUT2D eigenvalue weighted by Crippen LogP contribution is -2.25. The predicted octanol–water partition coefficient (Wildman–Crippen LogP) is -1.20. The molecule has 0 atom stereocenters. The number of primary sulfonamides is 1. The van der Waals surface area contributed by atoms with Gasteiger partial charge in [-0.15, -0.1) is 5.10 Å². The number of hydrogen-bond donors (Lipinski definition) is 2. The third kappa shape index (κ3) is 1.78. The van der Waals surface area contributed by atoms with Crippen LogP contribution in [0.4, 0.5) is 0 Å². The van der Waals surface area contributed by atoms with Crippen LogP contribution in [-0.2, 0) is 10.0 Å². The topological polar surface area (TPSA) is 111 Å². The van der Waals surface area contributed by atoms with E-state index < -0.39 is 20.9 Å². The summed E-state index contributed by atoms with van der Waals surface area (Å²) in [5, 5.41) is 9.75. The highest BCUT2D eigenvalue weighted by Crippen LogP contribution is 2.06. The molecule has 0 aliphatic heterocycles. The highest BCUT2D eigenvalue weighted by Gasteiger charge is 2.20. The highest BCUT2D eigenvalue weighted by molar-refractivity contribution is 7.89. The van der Waals surface area contributed by atoms with Gasteiger partial charge in [-0.05, 0) is 13.8 Å². The summed E-state index contributed by atoms with van der Waals surface area (Å²) < 4.78 is 22.8. The summed E-state index contributed by atoms with van der Waals surface area (Å²) in [7, 11) is -3.94. The van der Waals surface area contributed by atoms with Gasteiger partial charge in [0, 0.05) is 6.04 Å². The van der Waals surface area contributed by atoms with Crippen LogP contribution in [0.25, 0.3) is 0 Å². The first kappa shape index (κ1) is 9.93. The average Bonchev–Trinajstić information content (AvgIpc) is 2.28. The van der Waals surface area contributed by atoms with Gasteiger partial charge in [0.25, 0.3) is 15.2 Å². The van der Waals surface area contributed by atoms with Gasteiger partial charge in [-0.2, -0.15) is 0 Å². The van der Waals surface area contributed by atoms with E-state index in [1.165, 1.54) is 0 Å². The Kier molecular flexibility index (Phi) is 2.26. The largest absolute Gasteiger partial charge is 0.344 e. The number of nitrogens with one attached hydrogen (secondary N) is 1. The summed E-state index contributed by atoms with van der Waals surface area (Å²) in [5.74, 6) is 0. The molecule has 74 valence electrons. The Morgan fingerprint density at radius 3 is 2.38 bits per heavy atom. The molecule has 13 heavy (non-hydrogen) atoms. The third-order valence-corrected chi connectivity index (χ3v) is 2.24. The molecule has 0 saturated carbocycles. The van der Waals surface area contributed by atoms with E-state index in [4.69, 9.17) is 5.14 Å². The third-order valence-electron chi connectivity index (χ3n) is 1.44. The van der Waals surface area contributed by atoms with Crippen molar-refractivity contribution in [3.05, 3.63) is 10.5 Å². The van der Waals surface area contributed by atoms with Crippen molar-refractivity contribution in [3.63, 3.8) is 0 Å². The predicted molar refractivity (Wildman–Crippen MR) is 44.6 cm³/mol. The number of rotatable bonds is 2. The molecule has 0 radical (unpaired) electrons. The van der Waals surface area contributed by atoms with Crippen molar-refractivity contribution in [3.8, 4) is 0 Å². The molecule has 0 unspecified atom stereocenters. The van der Waals surface area contributed by atoms with Crippen molar-refractivity contribution in [1.82, 2.24) is 14.8 Å². The summed E-state index contributed by atoms with van der Waals surface area (Å²) in [5.41, 5.74) is -0.584. The first-order valence-corrected chi connectivity index (χ1v) is 5.08. The lowest BCUT2D eigenvalue weighted by atomic mass is 10.4. The van der Waals surface area contributed by atoms with Crippen molar-refractivity contribution in [2.24, 2.45) is 5.14 Å². The molecule has 0 aliphatic carbocycles. The Balaban J connectivity index is 3.50. The van der Waals surface area contributed by atoms with Crippen LogP contribution in [0.15, 0.2) is 9.95 Å². The van der Waals surface area contributed by atoms with Crippen LogP contribution < -0.4 is 10.8 Å². The van der Waals surface area contributed by atoms with E-state index in [-0.39, 0.29) is 6.04 Å². The summed E-state index contributed by atoms with van der Waals surface area (Å²) in [6.07, 6.45) is 0. The standard InChI is InChI=1S/C5H10N4O3S/c1-3(2)9-4(10)7-8-5(9)13(6,11)12/h3H,1-2H3,(H,7,10)(H2,6,11,12). The van der Waals surface area contributed by atoms with Crippen molar-refractivity contribution in [2.45, 2.75) is 25.0 Å². The van der Waals surface area contributed by atoms with Crippen LogP contribution in [0.2, 0.25) is 0 Å². The number of sulfonamides is 1. The molecular weight excluding hydrogens is 196 g/mol. The summed E-state index contributed by atoms with van der Waals surface area (Å²) in [6, 6.07) is -0.306. The second kappa shape index (κ2) is 2.96. The molecule has 1 heterocycles. The highest BCUT2D eigenvalue weighted by atomic mass is 32.2. The molecule has 7 nitrogen and oxygen atoms in total. The summed E-state index contributed by atoms with van der Waals surface area (Å²) in [4.78, 5) is 11.1. The molecule has 0 amide bonds. The van der Waals surface area contributed by atoms with E-state index in [1.54, 1.807) is 13.8 Å². The maximum absolute atomic E-state index is 11.1. The number of aromatic amines is 1. The zero-order valence-electron chi connectivity index (χ0n) is 7.18. The Bertz CT molecular complexity index is 454. The normalized spacial score (nSPS) is 12.3. The molecule has 1 aromatic rings. The second-order valence-electron chi connectivity index (χ2n) is 2.82. The number of H-pyrrole nitrogens is 1. The van der Waals surface area contributed by atoms with E-state index in [1.807, 2.05) is 5.10 Å². The van der Waals surface area contributed by atoms with Gasteiger partial charge < -0.3 is 0 Å². The SMILES string of the molecule is CC(C)n1c(S(N)(=O)=O)n[nH]c1=O. The molecule has 0 saturated heterocycles. The fourth-order valence-corrected chi connectivity index (χ4v) is 1.69. The minimum Gasteiger partial charge on any atom is -0.262 e. The summed E-state index contributed by atoms with van der Waals surface area (Å²) in [6.45, 7) is 3.32. The van der Waals surface area contributed by atoms with Crippen molar-refractivity contribution >= 4 is 10.0 Å². The Hall–Kier alpha value is -1.15. The second-order valence-corrected chi connectivity index (χ2v) is 4.28. The van der Waals surface area contributed by atoms with Crippen molar-refractivity contribution < 1.29 is 8.42 Å². The Labute approximate surface area is 74.6 Å². The van der Waals surface area contributed by atoms with Gasteiger partial charge >= 0.3 is 5.69 Å². The molecule has 0 aromatic carbocycles. The van der Waals surface area contributed by atoms with Gasteiger partial charge in [0.2, 0.25) is 0 Å². The fraction of sp³-hybridized carbons (Fsp3) is 0.600. The monoisotopic (exact) mass is 206 g/mol. The number of nitrogens with zero attached hydrogens (tertiary/aromatic N) is 2.